The van der Waals surface area contributed by atoms with Gasteiger partial charge in [-0.3, -0.25) is 4.79 Å². The molecule has 0 spiro atoms. The molecule has 0 bridgehead atoms. The molecule has 0 fully saturated rings. The quantitative estimate of drug-likeness (QED) is 0.409. The Balaban J connectivity index is 1.63. The summed E-state index contributed by atoms with van der Waals surface area (Å²) in [4.78, 5) is 23.9. The largest absolute Gasteiger partial charge is 0.619 e. The predicted octanol–water partition coefficient (Wildman–Crippen LogP) is 2.64. The third-order valence-electron chi connectivity index (χ3n) is 4.23. The van der Waals surface area contributed by atoms with Crippen molar-refractivity contribution in [2.24, 2.45) is 7.05 Å². The van der Waals surface area contributed by atoms with Gasteiger partial charge in [0.05, 0.1) is 23.9 Å². The van der Waals surface area contributed by atoms with E-state index in [1.807, 2.05) is 0 Å². The molecular weight excluding hydrogens is 382 g/mol. The number of halogens is 2. The molecule has 0 saturated heterocycles. The van der Waals surface area contributed by atoms with E-state index in [1.54, 1.807) is 30.1 Å². The monoisotopic (exact) mass is 396 g/mol. The van der Waals surface area contributed by atoms with Gasteiger partial charge in [0.15, 0.2) is 12.0 Å². The number of nitrogens with zero attached hydrogens (tertiary/aromatic N) is 4. The molecule has 0 unspecified atom stereocenters. The first kappa shape index (κ1) is 18.3. The molecule has 10 heteroatoms. The molecule has 4 rings (SSSR count). The molecule has 1 aromatic carbocycles. The summed E-state index contributed by atoms with van der Waals surface area (Å²) >= 11 is 0. The summed E-state index contributed by atoms with van der Waals surface area (Å²) in [5.74, 6) is -1.49. The predicted molar refractivity (Wildman–Crippen MR) is 99.5 cm³/mol. The van der Waals surface area contributed by atoms with Crippen molar-refractivity contribution in [3.63, 3.8) is 0 Å². The van der Waals surface area contributed by atoms with Crippen molar-refractivity contribution in [1.82, 2.24) is 19.5 Å². The Morgan fingerprint density at radius 2 is 1.97 bits per heavy atom. The minimum Gasteiger partial charge on any atom is -0.619 e. The van der Waals surface area contributed by atoms with Crippen molar-refractivity contribution in [3.05, 3.63) is 77.8 Å². The van der Waals surface area contributed by atoms with Gasteiger partial charge in [-0.25, -0.2) is 14.4 Å². The first-order valence-corrected chi connectivity index (χ1v) is 8.44. The molecule has 0 aliphatic heterocycles. The number of amides is 1. The lowest BCUT2D eigenvalue weighted by Crippen LogP contribution is -2.26. The molecule has 4 aromatic rings. The van der Waals surface area contributed by atoms with Gasteiger partial charge in [0.2, 0.25) is 12.0 Å². The first-order chi connectivity index (χ1) is 13.9. The third kappa shape index (κ3) is 3.55. The van der Waals surface area contributed by atoms with E-state index in [9.17, 15) is 18.8 Å². The molecule has 0 aliphatic rings. The second-order valence-electron chi connectivity index (χ2n) is 6.23. The van der Waals surface area contributed by atoms with Crippen LogP contribution in [0.15, 0.2) is 55.2 Å². The van der Waals surface area contributed by atoms with Gasteiger partial charge in [-0.05, 0) is 24.3 Å². The number of carbonyl (C=O) groups is 1. The summed E-state index contributed by atoms with van der Waals surface area (Å²) in [6, 6.07) is 7.01. The summed E-state index contributed by atoms with van der Waals surface area (Å²) in [7, 11) is 1.76. The number of carbonyl (C=O) groups excluding carboxylic acids is 1. The van der Waals surface area contributed by atoms with E-state index >= 15 is 0 Å². The number of H-pyrrole nitrogens is 1. The fraction of sp³-hybridized carbons (Fsp3) is 0.0526. The zero-order valence-corrected chi connectivity index (χ0v) is 15.1. The Morgan fingerprint density at radius 3 is 2.69 bits per heavy atom. The highest BCUT2D eigenvalue weighted by atomic mass is 19.1. The van der Waals surface area contributed by atoms with Gasteiger partial charge in [-0.1, -0.05) is 0 Å². The van der Waals surface area contributed by atoms with Crippen LogP contribution in [0.2, 0.25) is 0 Å². The SMILES string of the molecule is Cn1cnc(-c2ccc(F)cc2)c1-c1ncc(C(=O)Nc2cc[n+]([O-])cc2F)[nH]1. The molecule has 0 saturated carbocycles. The lowest BCUT2D eigenvalue weighted by Gasteiger charge is -2.05. The van der Waals surface area contributed by atoms with E-state index < -0.39 is 11.7 Å². The number of pyridine rings is 1. The smallest absolute Gasteiger partial charge is 0.273 e. The van der Waals surface area contributed by atoms with Gasteiger partial charge < -0.3 is 20.1 Å². The topological polar surface area (TPSA) is 103 Å². The Kier molecular flexibility index (Phi) is 4.51. The number of nitrogens with one attached hydrogen (secondary N) is 2. The lowest BCUT2D eigenvalue weighted by molar-refractivity contribution is -0.607. The molecular formula is C19H14F2N6O2. The Labute approximate surface area is 163 Å². The van der Waals surface area contributed by atoms with Gasteiger partial charge in [-0.15, -0.1) is 0 Å². The van der Waals surface area contributed by atoms with Gasteiger partial charge in [-0.2, -0.15) is 9.12 Å². The van der Waals surface area contributed by atoms with Crippen molar-refractivity contribution in [3.8, 4) is 22.8 Å². The minimum absolute atomic E-state index is 0.0875. The normalized spacial score (nSPS) is 10.9. The van der Waals surface area contributed by atoms with Crippen LogP contribution in [0.3, 0.4) is 0 Å². The zero-order chi connectivity index (χ0) is 20.5. The van der Waals surface area contributed by atoms with Crippen molar-refractivity contribution in [2.45, 2.75) is 0 Å². The van der Waals surface area contributed by atoms with Crippen LogP contribution in [0.25, 0.3) is 22.8 Å². The third-order valence-corrected chi connectivity index (χ3v) is 4.23. The fourth-order valence-corrected chi connectivity index (χ4v) is 2.83. The molecule has 0 radical (unpaired) electrons. The van der Waals surface area contributed by atoms with E-state index in [0.717, 1.165) is 12.3 Å². The molecule has 0 atom stereocenters. The van der Waals surface area contributed by atoms with Crippen LogP contribution in [0, 0.1) is 16.8 Å². The molecule has 146 valence electrons. The van der Waals surface area contributed by atoms with E-state index in [2.05, 4.69) is 20.3 Å². The molecule has 29 heavy (non-hydrogen) atoms. The average molecular weight is 396 g/mol. The maximum Gasteiger partial charge on any atom is 0.273 e. The van der Waals surface area contributed by atoms with Crippen LogP contribution in [-0.2, 0) is 7.05 Å². The van der Waals surface area contributed by atoms with Crippen LogP contribution in [-0.4, -0.2) is 25.4 Å². The summed E-state index contributed by atoms with van der Waals surface area (Å²) in [5, 5.41) is 13.4. The first-order valence-electron chi connectivity index (χ1n) is 8.44. The molecule has 1 amide bonds. The van der Waals surface area contributed by atoms with E-state index in [0.29, 0.717) is 33.7 Å². The number of aromatic nitrogens is 5. The van der Waals surface area contributed by atoms with Crippen molar-refractivity contribution in [2.75, 3.05) is 5.32 Å². The lowest BCUT2D eigenvalue weighted by atomic mass is 10.1. The van der Waals surface area contributed by atoms with Crippen molar-refractivity contribution < 1.29 is 18.3 Å². The summed E-state index contributed by atoms with van der Waals surface area (Å²) in [6.45, 7) is 0. The van der Waals surface area contributed by atoms with Gasteiger partial charge in [0.25, 0.3) is 5.91 Å². The number of rotatable bonds is 4. The van der Waals surface area contributed by atoms with Crippen LogP contribution in [0.1, 0.15) is 10.5 Å². The number of aryl methyl sites for hydroxylation is 1. The highest BCUT2D eigenvalue weighted by Gasteiger charge is 2.19. The fourth-order valence-electron chi connectivity index (χ4n) is 2.83. The minimum atomic E-state index is -0.860. The van der Waals surface area contributed by atoms with Gasteiger partial charge >= 0.3 is 0 Å². The Hall–Kier alpha value is -4.08. The summed E-state index contributed by atoms with van der Waals surface area (Å²) < 4.78 is 29.0. The molecule has 2 N–H and O–H groups in total. The van der Waals surface area contributed by atoms with Crippen LogP contribution >= 0.6 is 0 Å². The number of hydrogen-bond donors (Lipinski definition) is 2. The average Bonchev–Trinajstić information content (AvgIpc) is 3.31. The number of aromatic amines is 1. The van der Waals surface area contributed by atoms with Gasteiger partial charge in [0, 0.05) is 18.7 Å². The van der Waals surface area contributed by atoms with Crippen LogP contribution in [0.5, 0.6) is 0 Å². The van der Waals surface area contributed by atoms with Gasteiger partial charge in [0.1, 0.15) is 17.2 Å². The van der Waals surface area contributed by atoms with Crippen molar-refractivity contribution >= 4 is 11.6 Å². The number of hydrogen-bond acceptors (Lipinski definition) is 4. The maximum atomic E-state index is 13.8. The second-order valence-corrected chi connectivity index (χ2v) is 6.23. The molecule has 0 aliphatic carbocycles. The highest BCUT2D eigenvalue weighted by molar-refractivity contribution is 6.03. The molecule has 3 aromatic heterocycles. The van der Waals surface area contributed by atoms with Crippen LogP contribution < -0.4 is 10.0 Å². The van der Waals surface area contributed by atoms with E-state index in [4.69, 9.17) is 0 Å². The highest BCUT2D eigenvalue weighted by Crippen LogP contribution is 2.29. The number of benzene rings is 1. The van der Waals surface area contributed by atoms with Crippen LogP contribution in [0.4, 0.5) is 14.5 Å². The number of imidazole rings is 2. The number of anilines is 1. The Morgan fingerprint density at radius 1 is 1.21 bits per heavy atom. The van der Waals surface area contributed by atoms with E-state index in [1.165, 1.54) is 18.3 Å². The van der Waals surface area contributed by atoms with E-state index in [-0.39, 0.29) is 17.2 Å². The molecule has 3 heterocycles. The van der Waals surface area contributed by atoms with Crippen molar-refractivity contribution in [1.29, 1.82) is 0 Å². The summed E-state index contributed by atoms with van der Waals surface area (Å²) in [5.41, 5.74) is 1.79. The zero-order valence-electron chi connectivity index (χ0n) is 15.1. The summed E-state index contributed by atoms with van der Waals surface area (Å²) in [6.07, 6.45) is 4.66. The molecule has 8 nitrogen and oxygen atoms in total. The standard InChI is InChI=1S/C19H14F2N6O2/c1-26-10-23-16(11-2-4-12(20)5-3-11)17(26)18-22-8-15(24-18)19(28)25-14-6-7-27(29)9-13(14)21/h2-10H,1H3,(H,22,24)(H,25,28). The Bertz CT molecular complexity index is 1200. The maximum absolute atomic E-state index is 13.8. The second kappa shape index (κ2) is 7.15.